The maximum atomic E-state index is 10.0. The molecule has 0 N–H and O–H groups in total. The highest BCUT2D eigenvalue weighted by Gasteiger charge is 2.15. The van der Waals surface area contributed by atoms with Crippen molar-refractivity contribution in [3.8, 4) is 0 Å². The Morgan fingerprint density at radius 2 is 1.07 bits per heavy atom. The Morgan fingerprint density at radius 3 is 1.45 bits per heavy atom. The van der Waals surface area contributed by atoms with Crippen LogP contribution in [0.1, 0.15) is 20.3 Å². The van der Waals surface area contributed by atoms with Crippen molar-refractivity contribution in [2.45, 2.75) is 20.3 Å². The monoisotopic (exact) mass is 425 g/mol. The Balaban J connectivity index is 0. The van der Waals surface area contributed by atoms with Crippen LogP contribution in [0.15, 0.2) is 0 Å². The molecule has 29 heavy (non-hydrogen) atoms. The van der Waals surface area contributed by atoms with Gasteiger partial charge >= 0.3 is 0 Å². The zero-order valence-corrected chi connectivity index (χ0v) is 19.1. The average Bonchev–Trinajstić information content (AvgIpc) is 2.72. The van der Waals surface area contributed by atoms with Gasteiger partial charge in [-0.2, -0.15) is 0 Å². The topological polar surface area (TPSA) is 95.5 Å². The molecule has 9 heteroatoms. The van der Waals surface area contributed by atoms with Gasteiger partial charge in [-0.3, -0.25) is 0 Å². The standard InChI is InChI=1S/C10H24NO2.C10H20O6/c1-5-11(3,6-2)7-8-13-10-9-12-4;1-13-4-5-15-8-9-16-7-6-14-3-2-10(11)12/h5-10H2,1-4H3;2-9H2,1H3,(H,11,12)/q+1;/p-1. The summed E-state index contributed by atoms with van der Waals surface area (Å²) in [6.45, 7) is 13.2. The van der Waals surface area contributed by atoms with E-state index >= 15 is 0 Å². The molecule has 0 bridgehead atoms. The molecule has 9 nitrogen and oxygen atoms in total. The Morgan fingerprint density at radius 1 is 0.690 bits per heavy atom. The van der Waals surface area contributed by atoms with Crippen molar-refractivity contribution in [3.63, 3.8) is 0 Å². The number of hydrogen-bond donors (Lipinski definition) is 0. The predicted octanol–water partition coefficient (Wildman–Crippen LogP) is -0.0416. The van der Waals surface area contributed by atoms with Crippen LogP contribution < -0.4 is 5.11 Å². The van der Waals surface area contributed by atoms with Crippen molar-refractivity contribution in [2.75, 3.05) is 107 Å². The summed E-state index contributed by atoms with van der Waals surface area (Å²) in [6, 6.07) is 0. The highest BCUT2D eigenvalue weighted by Crippen LogP contribution is 1.99. The van der Waals surface area contributed by atoms with Gasteiger partial charge in [-0.1, -0.05) is 0 Å². The van der Waals surface area contributed by atoms with Crippen LogP contribution in [-0.4, -0.2) is 117 Å². The lowest BCUT2D eigenvalue weighted by atomic mass is 10.4. The van der Waals surface area contributed by atoms with Crippen molar-refractivity contribution in [1.29, 1.82) is 0 Å². The molecular weight excluding hydrogens is 382 g/mol. The van der Waals surface area contributed by atoms with Crippen LogP contribution in [0.4, 0.5) is 0 Å². The van der Waals surface area contributed by atoms with Gasteiger partial charge in [-0.05, 0) is 13.8 Å². The third kappa shape index (κ3) is 25.2. The van der Waals surface area contributed by atoms with Crippen molar-refractivity contribution in [1.82, 2.24) is 0 Å². The molecule has 0 atom stereocenters. The van der Waals surface area contributed by atoms with Crippen LogP contribution in [0.2, 0.25) is 0 Å². The van der Waals surface area contributed by atoms with E-state index in [2.05, 4.69) is 20.9 Å². The summed E-state index contributed by atoms with van der Waals surface area (Å²) in [5.41, 5.74) is 0. The lowest BCUT2D eigenvalue weighted by Crippen LogP contribution is -2.45. The zero-order valence-electron chi connectivity index (χ0n) is 19.1. The number of carbonyl (C=O) groups excluding carboxylic acids is 1. The van der Waals surface area contributed by atoms with E-state index in [0.717, 1.165) is 17.6 Å². The van der Waals surface area contributed by atoms with E-state index in [1.54, 1.807) is 14.2 Å². The van der Waals surface area contributed by atoms with Gasteiger partial charge in [0.05, 0.1) is 86.2 Å². The van der Waals surface area contributed by atoms with Crippen LogP contribution >= 0.6 is 0 Å². The molecule has 0 fully saturated rings. The summed E-state index contributed by atoms with van der Waals surface area (Å²) < 4.78 is 31.5. The molecule has 0 saturated carbocycles. The van der Waals surface area contributed by atoms with Gasteiger partial charge in [0.1, 0.15) is 6.54 Å². The Bertz CT molecular complexity index is 340. The highest BCUT2D eigenvalue weighted by molar-refractivity contribution is 5.64. The van der Waals surface area contributed by atoms with E-state index in [4.69, 9.17) is 28.4 Å². The largest absolute Gasteiger partial charge is 0.550 e. The Labute approximate surface area is 176 Å². The summed E-state index contributed by atoms with van der Waals surface area (Å²) in [7, 11) is 5.57. The molecule has 0 aliphatic heterocycles. The normalized spacial score (nSPS) is 11.2. The van der Waals surface area contributed by atoms with Gasteiger partial charge in [0, 0.05) is 26.6 Å². The average molecular weight is 426 g/mol. The first-order valence-corrected chi connectivity index (χ1v) is 10.3. The van der Waals surface area contributed by atoms with Gasteiger partial charge in [-0.25, -0.2) is 0 Å². The molecule has 0 amide bonds. The fraction of sp³-hybridized carbons (Fsp3) is 0.950. The number of aliphatic carboxylic acids is 1. The molecule has 0 aliphatic rings. The fourth-order valence-electron chi connectivity index (χ4n) is 1.91. The number of hydrogen-bond acceptors (Lipinski definition) is 8. The third-order valence-electron chi connectivity index (χ3n) is 4.36. The summed E-state index contributed by atoms with van der Waals surface area (Å²) in [6.07, 6.45) is -0.0832. The van der Waals surface area contributed by atoms with Gasteiger partial charge in [0.25, 0.3) is 0 Å². The van der Waals surface area contributed by atoms with Gasteiger partial charge in [0.15, 0.2) is 0 Å². The smallest absolute Gasteiger partial charge is 0.102 e. The Kier molecular flexibility index (Phi) is 24.6. The van der Waals surface area contributed by atoms with Gasteiger partial charge in [0.2, 0.25) is 0 Å². The van der Waals surface area contributed by atoms with Crippen molar-refractivity contribution < 1.29 is 42.8 Å². The highest BCUT2D eigenvalue weighted by atomic mass is 16.6. The molecule has 0 aliphatic carbocycles. The predicted molar refractivity (Wildman–Crippen MR) is 109 cm³/mol. The lowest BCUT2D eigenvalue weighted by Gasteiger charge is -2.31. The summed E-state index contributed by atoms with van der Waals surface area (Å²) in [5.74, 6) is -1.10. The first-order chi connectivity index (χ1) is 14.0. The molecule has 0 spiro atoms. The van der Waals surface area contributed by atoms with Gasteiger partial charge < -0.3 is 42.8 Å². The molecule has 0 unspecified atom stereocenters. The van der Waals surface area contributed by atoms with E-state index in [0.29, 0.717) is 52.9 Å². The molecular formula is C20H43NO8. The minimum atomic E-state index is -1.10. The van der Waals surface area contributed by atoms with Crippen LogP contribution in [0.5, 0.6) is 0 Å². The number of carboxylic acid groups (broad SMARTS) is 1. The zero-order chi connectivity index (χ0) is 22.2. The molecule has 0 aromatic heterocycles. The van der Waals surface area contributed by atoms with E-state index in [-0.39, 0.29) is 13.0 Å². The minimum absolute atomic E-state index is 0.0832. The molecule has 0 aromatic carbocycles. The molecule has 0 saturated heterocycles. The number of carboxylic acids is 1. The van der Waals surface area contributed by atoms with E-state index in [1.165, 1.54) is 13.1 Å². The SMILES string of the molecule is CC[N+](C)(CC)CCOCCOC.COCCOCCOCCOCCC(=O)[O-]. The van der Waals surface area contributed by atoms with Crippen LogP contribution in [-0.2, 0) is 33.2 Å². The number of quaternary nitrogens is 1. The third-order valence-corrected chi connectivity index (χ3v) is 4.36. The van der Waals surface area contributed by atoms with Crippen molar-refractivity contribution >= 4 is 5.97 Å². The molecule has 0 aromatic rings. The number of methoxy groups -OCH3 is 2. The summed E-state index contributed by atoms with van der Waals surface area (Å²) in [5, 5.41) is 10.0. The van der Waals surface area contributed by atoms with E-state index < -0.39 is 5.97 Å². The number of ether oxygens (including phenoxy) is 6. The van der Waals surface area contributed by atoms with Crippen LogP contribution in [0, 0.1) is 0 Å². The van der Waals surface area contributed by atoms with Crippen molar-refractivity contribution in [2.24, 2.45) is 0 Å². The molecule has 0 radical (unpaired) electrons. The Hall–Kier alpha value is -0.810. The summed E-state index contributed by atoms with van der Waals surface area (Å²) >= 11 is 0. The second-order valence-electron chi connectivity index (χ2n) is 6.53. The van der Waals surface area contributed by atoms with Crippen LogP contribution in [0.3, 0.4) is 0 Å². The fourth-order valence-corrected chi connectivity index (χ4v) is 1.91. The van der Waals surface area contributed by atoms with E-state index in [1.807, 2.05) is 0 Å². The first kappa shape index (κ1) is 30.4. The number of rotatable bonds is 20. The molecule has 0 heterocycles. The van der Waals surface area contributed by atoms with E-state index in [9.17, 15) is 9.90 Å². The van der Waals surface area contributed by atoms with Crippen molar-refractivity contribution in [3.05, 3.63) is 0 Å². The number of likely N-dealkylation sites (N-methyl/N-ethyl adjacent to an activating group) is 1. The molecule has 176 valence electrons. The minimum Gasteiger partial charge on any atom is -0.550 e. The number of carbonyl (C=O) groups is 1. The molecule has 0 rings (SSSR count). The number of nitrogens with zero attached hydrogens (tertiary/aromatic N) is 1. The second kappa shape index (κ2) is 23.5. The lowest BCUT2D eigenvalue weighted by molar-refractivity contribution is -0.906. The maximum absolute atomic E-state index is 10.0. The first-order valence-electron chi connectivity index (χ1n) is 10.3. The second-order valence-corrected chi connectivity index (χ2v) is 6.53. The maximum Gasteiger partial charge on any atom is 0.102 e. The van der Waals surface area contributed by atoms with Gasteiger partial charge in [-0.15, -0.1) is 0 Å². The quantitative estimate of drug-likeness (QED) is 0.198. The summed E-state index contributed by atoms with van der Waals surface area (Å²) in [4.78, 5) is 10.0. The van der Waals surface area contributed by atoms with Crippen LogP contribution in [0.25, 0.3) is 0 Å².